The lowest BCUT2D eigenvalue weighted by molar-refractivity contribution is -0.154. The molecule has 0 bridgehead atoms. The van der Waals surface area contributed by atoms with E-state index in [1.165, 1.54) is 30.1 Å². The van der Waals surface area contributed by atoms with Gasteiger partial charge in [-0.05, 0) is 18.2 Å². The molecule has 1 aromatic carbocycles. The lowest BCUT2D eigenvalue weighted by Gasteiger charge is -2.09. The van der Waals surface area contributed by atoms with E-state index in [0.717, 1.165) is 0 Å². The quantitative estimate of drug-likeness (QED) is 0.748. The zero-order valence-electron chi connectivity index (χ0n) is 13.6. The van der Waals surface area contributed by atoms with E-state index in [-0.39, 0.29) is 11.6 Å². The van der Waals surface area contributed by atoms with Gasteiger partial charge in [-0.3, -0.25) is 0 Å². The van der Waals surface area contributed by atoms with Gasteiger partial charge in [0, 0.05) is 17.7 Å². The maximum absolute atomic E-state index is 12.4. The van der Waals surface area contributed by atoms with Crippen molar-refractivity contribution in [3.8, 4) is 34.5 Å². The van der Waals surface area contributed by atoms with Gasteiger partial charge < -0.3 is 14.6 Å². The Hall–Kier alpha value is -3.23. The van der Waals surface area contributed by atoms with Crippen LogP contribution in [0.15, 0.2) is 48.7 Å². The molecule has 1 N–H and O–H groups in total. The Balaban J connectivity index is 2.05. The SMILES string of the molecule is COc1ccc(-n2nc(OCC(F)(F)F)cc2-c2ccccc2O)cn1. The molecule has 0 saturated heterocycles. The second-order valence-corrected chi connectivity index (χ2v) is 5.26. The zero-order chi connectivity index (χ0) is 18.7. The first kappa shape index (κ1) is 17.6. The molecule has 136 valence electrons. The van der Waals surface area contributed by atoms with Gasteiger partial charge in [0.1, 0.15) is 5.75 Å². The summed E-state index contributed by atoms with van der Waals surface area (Å²) < 4.78 is 48.3. The van der Waals surface area contributed by atoms with Crippen molar-refractivity contribution in [2.75, 3.05) is 13.7 Å². The van der Waals surface area contributed by atoms with Crippen LogP contribution in [-0.2, 0) is 0 Å². The molecule has 0 atom stereocenters. The number of aromatic hydroxyl groups is 1. The Morgan fingerprint density at radius 2 is 1.88 bits per heavy atom. The summed E-state index contributed by atoms with van der Waals surface area (Å²) in [6.45, 7) is -1.47. The third-order valence-corrected chi connectivity index (χ3v) is 3.43. The van der Waals surface area contributed by atoms with Crippen molar-refractivity contribution in [1.82, 2.24) is 14.8 Å². The average molecular weight is 365 g/mol. The number of benzene rings is 1. The molecule has 3 aromatic rings. The van der Waals surface area contributed by atoms with Crippen LogP contribution >= 0.6 is 0 Å². The number of ether oxygens (including phenoxy) is 2. The Kier molecular flexibility index (Phi) is 4.70. The molecule has 6 nitrogen and oxygen atoms in total. The highest BCUT2D eigenvalue weighted by atomic mass is 19.4. The minimum atomic E-state index is -4.49. The van der Waals surface area contributed by atoms with Gasteiger partial charge in [0.15, 0.2) is 6.61 Å². The molecule has 26 heavy (non-hydrogen) atoms. The number of phenols is 1. The van der Waals surface area contributed by atoms with E-state index in [1.54, 1.807) is 30.3 Å². The molecule has 0 radical (unpaired) electrons. The van der Waals surface area contributed by atoms with Gasteiger partial charge in [-0.25, -0.2) is 9.67 Å². The molecule has 0 spiro atoms. The van der Waals surface area contributed by atoms with Crippen LogP contribution in [0.3, 0.4) is 0 Å². The second kappa shape index (κ2) is 6.95. The highest BCUT2D eigenvalue weighted by Gasteiger charge is 2.29. The minimum absolute atomic E-state index is 0.0440. The monoisotopic (exact) mass is 365 g/mol. The Bertz CT molecular complexity index is 892. The number of nitrogens with zero attached hydrogens (tertiary/aromatic N) is 3. The average Bonchev–Trinajstić information content (AvgIpc) is 3.04. The van der Waals surface area contributed by atoms with E-state index in [1.807, 2.05) is 0 Å². The molecule has 2 aromatic heterocycles. The third-order valence-electron chi connectivity index (χ3n) is 3.43. The topological polar surface area (TPSA) is 69.4 Å². The normalized spacial score (nSPS) is 11.4. The summed E-state index contributed by atoms with van der Waals surface area (Å²) >= 11 is 0. The van der Waals surface area contributed by atoms with E-state index >= 15 is 0 Å². The Morgan fingerprint density at radius 1 is 1.12 bits per heavy atom. The van der Waals surface area contributed by atoms with Crippen LogP contribution in [0.5, 0.6) is 17.5 Å². The summed E-state index contributed by atoms with van der Waals surface area (Å²) in [6.07, 6.45) is -3.04. The van der Waals surface area contributed by atoms with Crippen LogP contribution < -0.4 is 9.47 Å². The number of rotatable bonds is 5. The van der Waals surface area contributed by atoms with Crippen LogP contribution in [0, 0.1) is 0 Å². The molecule has 0 unspecified atom stereocenters. The van der Waals surface area contributed by atoms with Crippen molar-refractivity contribution in [3.63, 3.8) is 0 Å². The molecular weight excluding hydrogens is 351 g/mol. The summed E-state index contributed by atoms with van der Waals surface area (Å²) in [5.74, 6) is 0.104. The maximum atomic E-state index is 12.4. The van der Waals surface area contributed by atoms with E-state index in [0.29, 0.717) is 22.8 Å². The Labute approximate surface area is 146 Å². The predicted molar refractivity (Wildman–Crippen MR) is 86.6 cm³/mol. The first-order valence-corrected chi connectivity index (χ1v) is 7.46. The standard InChI is InChI=1S/C17H14F3N3O3/c1-25-15-7-6-11(9-21-15)23-13(12-4-2-3-5-14(12)24)8-16(22-23)26-10-17(18,19)20/h2-9,24H,10H2,1H3. The molecule has 0 amide bonds. The fourth-order valence-corrected chi connectivity index (χ4v) is 2.28. The van der Waals surface area contributed by atoms with Crippen molar-refractivity contribution in [2.24, 2.45) is 0 Å². The fraction of sp³-hybridized carbons (Fsp3) is 0.176. The minimum Gasteiger partial charge on any atom is -0.507 e. The van der Waals surface area contributed by atoms with Gasteiger partial charge in [0.05, 0.1) is 24.7 Å². The van der Waals surface area contributed by atoms with Gasteiger partial charge in [-0.15, -0.1) is 5.10 Å². The first-order chi connectivity index (χ1) is 12.4. The number of alkyl halides is 3. The van der Waals surface area contributed by atoms with Crippen LogP contribution in [0.25, 0.3) is 16.9 Å². The molecular formula is C17H14F3N3O3. The fourth-order valence-electron chi connectivity index (χ4n) is 2.28. The van der Waals surface area contributed by atoms with Crippen molar-refractivity contribution in [1.29, 1.82) is 0 Å². The van der Waals surface area contributed by atoms with Gasteiger partial charge in [-0.1, -0.05) is 12.1 Å². The molecule has 3 rings (SSSR count). The molecule has 9 heteroatoms. The largest absolute Gasteiger partial charge is 0.507 e. The summed E-state index contributed by atoms with van der Waals surface area (Å²) in [4.78, 5) is 4.06. The number of pyridine rings is 1. The second-order valence-electron chi connectivity index (χ2n) is 5.26. The lowest BCUT2D eigenvalue weighted by atomic mass is 10.1. The van der Waals surface area contributed by atoms with Crippen LogP contribution in [0.2, 0.25) is 0 Å². The number of aromatic nitrogens is 3. The van der Waals surface area contributed by atoms with E-state index in [4.69, 9.17) is 9.47 Å². The number of phenolic OH excluding ortho intramolecular Hbond substituents is 1. The smallest absolute Gasteiger partial charge is 0.422 e. The number of methoxy groups -OCH3 is 1. The molecule has 0 aliphatic heterocycles. The molecule has 0 fully saturated rings. The lowest BCUT2D eigenvalue weighted by Crippen LogP contribution is -2.19. The Morgan fingerprint density at radius 3 is 2.50 bits per heavy atom. The van der Waals surface area contributed by atoms with E-state index in [9.17, 15) is 18.3 Å². The summed E-state index contributed by atoms with van der Waals surface area (Å²) in [7, 11) is 1.46. The number of halogens is 3. The number of para-hydroxylation sites is 1. The molecule has 0 aliphatic rings. The van der Waals surface area contributed by atoms with Crippen LogP contribution in [0.4, 0.5) is 13.2 Å². The van der Waals surface area contributed by atoms with E-state index < -0.39 is 12.8 Å². The van der Waals surface area contributed by atoms with Gasteiger partial charge >= 0.3 is 6.18 Å². The van der Waals surface area contributed by atoms with Crippen molar-refractivity contribution in [2.45, 2.75) is 6.18 Å². The van der Waals surface area contributed by atoms with Gasteiger partial charge in [0.2, 0.25) is 11.8 Å². The number of hydrogen-bond acceptors (Lipinski definition) is 5. The van der Waals surface area contributed by atoms with Gasteiger partial charge in [-0.2, -0.15) is 13.2 Å². The summed E-state index contributed by atoms with van der Waals surface area (Å²) in [6, 6.07) is 11.0. The number of hydrogen-bond donors (Lipinski definition) is 1. The highest BCUT2D eigenvalue weighted by molar-refractivity contribution is 5.69. The molecule has 0 aliphatic carbocycles. The first-order valence-electron chi connectivity index (χ1n) is 7.46. The van der Waals surface area contributed by atoms with Crippen molar-refractivity contribution in [3.05, 3.63) is 48.7 Å². The summed E-state index contributed by atoms with van der Waals surface area (Å²) in [5, 5.41) is 14.1. The zero-order valence-corrected chi connectivity index (χ0v) is 13.6. The van der Waals surface area contributed by atoms with Crippen LogP contribution in [0.1, 0.15) is 0 Å². The third kappa shape index (κ3) is 3.88. The molecule has 2 heterocycles. The molecule has 0 saturated carbocycles. The maximum Gasteiger partial charge on any atom is 0.422 e. The van der Waals surface area contributed by atoms with Gasteiger partial charge in [0.25, 0.3) is 0 Å². The van der Waals surface area contributed by atoms with E-state index in [2.05, 4.69) is 10.1 Å². The van der Waals surface area contributed by atoms with Crippen molar-refractivity contribution >= 4 is 0 Å². The van der Waals surface area contributed by atoms with Crippen molar-refractivity contribution < 1.29 is 27.8 Å². The highest BCUT2D eigenvalue weighted by Crippen LogP contribution is 2.33. The summed E-state index contributed by atoms with van der Waals surface area (Å²) in [5.41, 5.74) is 1.20. The predicted octanol–water partition coefficient (Wildman–Crippen LogP) is 3.59. The van der Waals surface area contributed by atoms with Crippen LogP contribution in [-0.4, -0.2) is 39.8 Å².